The molecule has 1 saturated heterocycles. The number of halogens is 1. The van der Waals surface area contributed by atoms with E-state index in [0.717, 1.165) is 31.7 Å². The van der Waals surface area contributed by atoms with Crippen molar-refractivity contribution >= 4 is 0 Å². The van der Waals surface area contributed by atoms with Crippen LogP contribution in [0.4, 0.5) is 4.39 Å². The van der Waals surface area contributed by atoms with Crippen molar-refractivity contribution in [3.63, 3.8) is 0 Å². The molecular formula is C13H19FN2O. The molecule has 94 valence electrons. The summed E-state index contributed by atoms with van der Waals surface area (Å²) in [5.41, 5.74) is 0.840. The van der Waals surface area contributed by atoms with E-state index in [1.807, 2.05) is 12.1 Å². The van der Waals surface area contributed by atoms with E-state index in [9.17, 15) is 9.50 Å². The summed E-state index contributed by atoms with van der Waals surface area (Å²) < 4.78 is 12.7. The maximum Gasteiger partial charge on any atom is 0.120 e. The molecule has 1 aliphatic rings. The van der Waals surface area contributed by atoms with E-state index < -0.39 is 0 Å². The minimum Gasteiger partial charge on any atom is -0.508 e. The van der Waals surface area contributed by atoms with Gasteiger partial charge in [0, 0.05) is 37.8 Å². The molecule has 0 radical (unpaired) electrons. The Morgan fingerprint density at radius 2 is 2.00 bits per heavy atom. The highest BCUT2D eigenvalue weighted by Crippen LogP contribution is 2.31. The Bertz CT molecular complexity index is 353. The van der Waals surface area contributed by atoms with Crippen LogP contribution in [0.5, 0.6) is 5.75 Å². The fourth-order valence-electron chi connectivity index (χ4n) is 2.40. The van der Waals surface area contributed by atoms with Gasteiger partial charge in [0.05, 0.1) is 6.67 Å². The molecule has 1 atom stereocenters. The van der Waals surface area contributed by atoms with Crippen molar-refractivity contribution in [2.24, 2.45) is 0 Å². The Morgan fingerprint density at radius 3 is 2.65 bits per heavy atom. The lowest BCUT2D eigenvalue weighted by molar-refractivity contribution is 0.155. The molecule has 3 nitrogen and oxygen atoms in total. The Balaban J connectivity index is 2.18. The zero-order chi connectivity index (χ0) is 12.1. The topological polar surface area (TPSA) is 35.5 Å². The monoisotopic (exact) mass is 238 g/mol. The first-order valence-electron chi connectivity index (χ1n) is 6.11. The molecule has 0 unspecified atom stereocenters. The van der Waals surface area contributed by atoms with Gasteiger partial charge in [-0.15, -0.1) is 0 Å². The number of piperazine rings is 1. The number of hydrogen-bond acceptors (Lipinski definition) is 3. The number of nitrogens with one attached hydrogen (secondary N) is 1. The van der Waals surface area contributed by atoms with Gasteiger partial charge < -0.3 is 10.4 Å². The quantitative estimate of drug-likeness (QED) is 0.838. The normalized spacial score (nSPS) is 19.1. The Hall–Kier alpha value is -1.13. The van der Waals surface area contributed by atoms with E-state index in [0.29, 0.717) is 6.42 Å². The van der Waals surface area contributed by atoms with Crippen molar-refractivity contribution < 1.29 is 9.50 Å². The molecule has 0 spiro atoms. The van der Waals surface area contributed by atoms with E-state index in [4.69, 9.17) is 0 Å². The number of alkyl halides is 1. The van der Waals surface area contributed by atoms with Crippen LogP contribution in [0.25, 0.3) is 0 Å². The second-order valence-corrected chi connectivity index (χ2v) is 4.34. The number of rotatable bonds is 4. The second-order valence-electron chi connectivity index (χ2n) is 4.34. The van der Waals surface area contributed by atoms with E-state index >= 15 is 0 Å². The molecule has 1 aromatic rings. The number of nitrogens with zero attached hydrogens (tertiary/aromatic N) is 1. The summed E-state index contributed by atoms with van der Waals surface area (Å²) in [4.78, 5) is 2.24. The summed E-state index contributed by atoms with van der Waals surface area (Å²) in [6, 6.07) is 7.23. The van der Waals surface area contributed by atoms with E-state index in [1.54, 1.807) is 12.1 Å². The Labute approximate surface area is 101 Å². The van der Waals surface area contributed by atoms with Crippen molar-refractivity contribution in [1.82, 2.24) is 10.2 Å². The molecule has 1 aliphatic heterocycles. The molecule has 0 aliphatic carbocycles. The fraction of sp³-hybridized carbons (Fsp3) is 0.538. The highest BCUT2D eigenvalue weighted by atomic mass is 19.1. The van der Waals surface area contributed by atoms with Gasteiger partial charge in [-0.05, 0) is 12.5 Å². The summed E-state index contributed by atoms with van der Waals surface area (Å²) in [7, 11) is 0. The van der Waals surface area contributed by atoms with Crippen molar-refractivity contribution in [3.05, 3.63) is 29.8 Å². The molecular weight excluding hydrogens is 219 g/mol. The number of para-hydroxylation sites is 1. The van der Waals surface area contributed by atoms with E-state index in [2.05, 4.69) is 10.2 Å². The number of phenolic OH excluding ortho intramolecular Hbond substituents is 1. The predicted octanol–water partition coefficient (Wildman–Crippen LogP) is 1.70. The molecule has 1 aromatic carbocycles. The summed E-state index contributed by atoms with van der Waals surface area (Å²) >= 11 is 0. The largest absolute Gasteiger partial charge is 0.508 e. The molecule has 17 heavy (non-hydrogen) atoms. The number of phenols is 1. The first-order chi connectivity index (χ1) is 8.33. The lowest BCUT2D eigenvalue weighted by Crippen LogP contribution is -2.45. The maximum atomic E-state index is 12.7. The maximum absolute atomic E-state index is 12.7. The molecule has 0 amide bonds. The number of benzene rings is 1. The molecule has 4 heteroatoms. The zero-order valence-electron chi connectivity index (χ0n) is 9.90. The third-order valence-electron chi connectivity index (χ3n) is 3.27. The molecule has 1 fully saturated rings. The van der Waals surface area contributed by atoms with Gasteiger partial charge in [0.2, 0.25) is 0 Å². The van der Waals surface area contributed by atoms with Crippen LogP contribution in [0, 0.1) is 0 Å². The highest BCUT2D eigenvalue weighted by Gasteiger charge is 2.23. The molecule has 2 N–H and O–H groups in total. The van der Waals surface area contributed by atoms with Crippen LogP contribution in [0.15, 0.2) is 24.3 Å². The van der Waals surface area contributed by atoms with Crippen LogP contribution in [0.2, 0.25) is 0 Å². The number of aromatic hydroxyl groups is 1. The van der Waals surface area contributed by atoms with Gasteiger partial charge >= 0.3 is 0 Å². The van der Waals surface area contributed by atoms with Crippen LogP contribution < -0.4 is 5.32 Å². The van der Waals surface area contributed by atoms with Crippen LogP contribution in [-0.2, 0) is 0 Å². The van der Waals surface area contributed by atoms with Crippen molar-refractivity contribution in [3.8, 4) is 5.75 Å². The highest BCUT2D eigenvalue weighted by molar-refractivity contribution is 5.34. The Kier molecular flexibility index (Phi) is 4.34. The van der Waals surface area contributed by atoms with Crippen molar-refractivity contribution in [2.75, 3.05) is 32.9 Å². The molecule has 0 bridgehead atoms. The van der Waals surface area contributed by atoms with Crippen LogP contribution in [0.3, 0.4) is 0 Å². The van der Waals surface area contributed by atoms with Crippen molar-refractivity contribution in [2.45, 2.75) is 12.5 Å². The Morgan fingerprint density at radius 1 is 1.29 bits per heavy atom. The van der Waals surface area contributed by atoms with Crippen molar-refractivity contribution in [1.29, 1.82) is 0 Å². The van der Waals surface area contributed by atoms with Gasteiger partial charge in [-0.25, -0.2) is 0 Å². The SMILES string of the molecule is Oc1ccccc1[C@H](CCF)N1CCNCC1. The van der Waals surface area contributed by atoms with Crippen LogP contribution in [-0.4, -0.2) is 42.9 Å². The molecule has 0 aromatic heterocycles. The van der Waals surface area contributed by atoms with E-state index in [-0.39, 0.29) is 18.5 Å². The van der Waals surface area contributed by atoms with E-state index in [1.165, 1.54) is 0 Å². The minimum atomic E-state index is -0.358. The first kappa shape index (κ1) is 12.3. The van der Waals surface area contributed by atoms with Gasteiger partial charge in [-0.2, -0.15) is 0 Å². The summed E-state index contributed by atoms with van der Waals surface area (Å²) in [6.45, 7) is 3.30. The predicted molar refractivity (Wildman–Crippen MR) is 65.9 cm³/mol. The van der Waals surface area contributed by atoms with Crippen LogP contribution in [0.1, 0.15) is 18.0 Å². The summed E-state index contributed by atoms with van der Waals surface area (Å²) in [6.07, 6.45) is 0.442. The standard InChI is InChI=1S/C13H19FN2O/c14-6-5-12(16-9-7-15-8-10-16)11-3-1-2-4-13(11)17/h1-4,12,15,17H,5-10H2/t12-/m0/s1. The minimum absolute atomic E-state index is 0.0108. The number of hydrogen-bond donors (Lipinski definition) is 2. The zero-order valence-corrected chi connectivity index (χ0v) is 9.90. The third kappa shape index (κ3) is 2.96. The second kappa shape index (κ2) is 5.98. The average molecular weight is 238 g/mol. The van der Waals surface area contributed by atoms with Gasteiger partial charge in [-0.3, -0.25) is 9.29 Å². The van der Waals surface area contributed by atoms with Gasteiger partial charge in [0.25, 0.3) is 0 Å². The van der Waals surface area contributed by atoms with Gasteiger partial charge in [-0.1, -0.05) is 18.2 Å². The summed E-state index contributed by atoms with van der Waals surface area (Å²) in [5.74, 6) is 0.268. The molecule has 2 rings (SSSR count). The molecule has 1 heterocycles. The lowest BCUT2D eigenvalue weighted by Gasteiger charge is -2.35. The molecule has 0 saturated carbocycles. The van der Waals surface area contributed by atoms with Gasteiger partial charge in [0.15, 0.2) is 0 Å². The fourth-order valence-corrected chi connectivity index (χ4v) is 2.40. The lowest BCUT2D eigenvalue weighted by atomic mass is 10.0. The average Bonchev–Trinajstić information content (AvgIpc) is 2.38. The first-order valence-corrected chi connectivity index (χ1v) is 6.11. The third-order valence-corrected chi connectivity index (χ3v) is 3.27. The summed E-state index contributed by atoms with van der Waals surface area (Å²) in [5, 5.41) is 13.2. The van der Waals surface area contributed by atoms with Crippen LogP contribution >= 0.6 is 0 Å². The smallest absolute Gasteiger partial charge is 0.120 e. The van der Waals surface area contributed by atoms with Gasteiger partial charge in [0.1, 0.15) is 5.75 Å².